The van der Waals surface area contributed by atoms with Crippen molar-refractivity contribution < 1.29 is 9.53 Å². The van der Waals surface area contributed by atoms with Crippen LogP contribution in [-0.4, -0.2) is 12.9 Å². The molecule has 0 spiro atoms. The molecule has 0 radical (unpaired) electrons. The van der Waals surface area contributed by atoms with Gasteiger partial charge in [-0.3, -0.25) is 4.79 Å². The van der Waals surface area contributed by atoms with Crippen molar-refractivity contribution in [2.75, 3.05) is 7.11 Å². The number of ketones is 1. The zero-order chi connectivity index (χ0) is 11.1. The second-order valence-corrected chi connectivity index (χ2v) is 4.42. The highest BCUT2D eigenvalue weighted by Gasteiger charge is 2.50. The molecule has 1 aromatic rings. The number of rotatable bonds is 3. The van der Waals surface area contributed by atoms with Gasteiger partial charge in [-0.1, -0.05) is 17.7 Å². The second-order valence-electron chi connectivity index (χ2n) is 3.98. The first-order valence-corrected chi connectivity index (χ1v) is 5.33. The van der Waals surface area contributed by atoms with Gasteiger partial charge in [-0.2, -0.15) is 0 Å². The largest absolute Gasteiger partial charge is 0.496 e. The Morgan fingerprint density at radius 3 is 2.60 bits per heavy atom. The zero-order valence-corrected chi connectivity index (χ0v) is 9.60. The molecule has 0 amide bonds. The van der Waals surface area contributed by atoms with Crippen molar-refractivity contribution >= 4 is 17.4 Å². The Labute approximate surface area is 94.2 Å². The molecule has 0 bridgehead atoms. The molecular formula is C12H13ClO2. The van der Waals surface area contributed by atoms with Gasteiger partial charge in [0, 0.05) is 10.6 Å². The number of benzene rings is 1. The molecule has 80 valence electrons. The molecule has 3 heteroatoms. The lowest BCUT2D eigenvalue weighted by molar-refractivity contribution is -0.119. The van der Waals surface area contributed by atoms with E-state index >= 15 is 0 Å². The first-order chi connectivity index (χ1) is 7.10. The van der Waals surface area contributed by atoms with Gasteiger partial charge < -0.3 is 4.74 Å². The fourth-order valence-electron chi connectivity index (χ4n) is 2.00. The van der Waals surface area contributed by atoms with Crippen molar-refractivity contribution in [3.63, 3.8) is 0 Å². The van der Waals surface area contributed by atoms with E-state index in [1.54, 1.807) is 20.1 Å². The number of Topliss-reactive ketones (excluding diaryl/α,β-unsaturated/α-hetero) is 1. The summed E-state index contributed by atoms with van der Waals surface area (Å²) in [6.07, 6.45) is 1.83. The van der Waals surface area contributed by atoms with Gasteiger partial charge >= 0.3 is 0 Å². The van der Waals surface area contributed by atoms with Crippen LogP contribution in [0.1, 0.15) is 25.3 Å². The van der Waals surface area contributed by atoms with E-state index in [1.165, 1.54) is 0 Å². The van der Waals surface area contributed by atoms with Gasteiger partial charge in [-0.15, -0.1) is 0 Å². The van der Waals surface area contributed by atoms with E-state index in [4.69, 9.17) is 16.3 Å². The second kappa shape index (κ2) is 3.53. The highest BCUT2D eigenvalue weighted by molar-refractivity contribution is 6.30. The number of methoxy groups -OCH3 is 1. The maximum atomic E-state index is 11.6. The molecule has 2 nitrogen and oxygen atoms in total. The van der Waals surface area contributed by atoms with Crippen molar-refractivity contribution in [1.82, 2.24) is 0 Å². The predicted molar refractivity (Wildman–Crippen MR) is 59.6 cm³/mol. The van der Waals surface area contributed by atoms with Crippen LogP contribution >= 0.6 is 11.6 Å². The molecule has 1 aliphatic carbocycles. The lowest BCUT2D eigenvalue weighted by Crippen LogP contribution is -2.17. The number of carbonyl (C=O) groups is 1. The van der Waals surface area contributed by atoms with E-state index in [9.17, 15) is 4.79 Å². The van der Waals surface area contributed by atoms with E-state index in [1.807, 2.05) is 12.1 Å². The number of ether oxygens (including phenoxy) is 1. The van der Waals surface area contributed by atoms with E-state index in [2.05, 4.69) is 0 Å². The number of carbonyl (C=O) groups excluding carboxylic acids is 1. The third-order valence-electron chi connectivity index (χ3n) is 3.10. The van der Waals surface area contributed by atoms with Gasteiger partial charge in [0.25, 0.3) is 0 Å². The van der Waals surface area contributed by atoms with Crippen molar-refractivity contribution in [3.05, 3.63) is 28.8 Å². The van der Waals surface area contributed by atoms with Crippen LogP contribution in [-0.2, 0) is 10.2 Å². The summed E-state index contributed by atoms with van der Waals surface area (Å²) in [5.41, 5.74) is 0.678. The number of halogens is 1. The van der Waals surface area contributed by atoms with Gasteiger partial charge in [0.1, 0.15) is 11.5 Å². The molecule has 0 aliphatic heterocycles. The Morgan fingerprint density at radius 2 is 2.13 bits per heavy atom. The fraction of sp³-hybridized carbons (Fsp3) is 0.417. The minimum absolute atomic E-state index is 0.211. The molecule has 0 N–H and O–H groups in total. The molecule has 1 aromatic carbocycles. The van der Waals surface area contributed by atoms with Gasteiger partial charge in [-0.25, -0.2) is 0 Å². The normalized spacial score (nSPS) is 17.3. The topological polar surface area (TPSA) is 26.3 Å². The van der Waals surface area contributed by atoms with Crippen molar-refractivity contribution in [3.8, 4) is 5.75 Å². The lowest BCUT2D eigenvalue weighted by Gasteiger charge is -2.16. The summed E-state index contributed by atoms with van der Waals surface area (Å²) in [7, 11) is 1.60. The summed E-state index contributed by atoms with van der Waals surface area (Å²) in [6, 6.07) is 5.47. The summed E-state index contributed by atoms with van der Waals surface area (Å²) < 4.78 is 5.27. The molecule has 0 atom stereocenters. The van der Waals surface area contributed by atoms with Gasteiger partial charge in [0.2, 0.25) is 0 Å². The molecule has 1 fully saturated rings. The van der Waals surface area contributed by atoms with Crippen LogP contribution in [0.25, 0.3) is 0 Å². The van der Waals surface area contributed by atoms with E-state index in [-0.39, 0.29) is 11.2 Å². The Morgan fingerprint density at radius 1 is 1.47 bits per heavy atom. The summed E-state index contributed by atoms with van der Waals surface area (Å²) in [4.78, 5) is 11.6. The third kappa shape index (κ3) is 1.63. The zero-order valence-electron chi connectivity index (χ0n) is 8.84. The van der Waals surface area contributed by atoms with Crippen LogP contribution in [0, 0.1) is 0 Å². The van der Waals surface area contributed by atoms with E-state index < -0.39 is 0 Å². The molecular weight excluding hydrogens is 212 g/mol. The van der Waals surface area contributed by atoms with E-state index in [0.29, 0.717) is 5.02 Å². The average Bonchev–Trinajstić information content (AvgIpc) is 2.98. The molecule has 2 rings (SSSR count). The highest BCUT2D eigenvalue weighted by Crippen LogP contribution is 2.52. The average molecular weight is 225 g/mol. The molecule has 0 heterocycles. The summed E-state index contributed by atoms with van der Waals surface area (Å²) in [6.45, 7) is 1.64. The summed E-state index contributed by atoms with van der Waals surface area (Å²) >= 11 is 5.88. The molecule has 0 saturated heterocycles. The quantitative estimate of drug-likeness (QED) is 0.789. The Bertz CT molecular complexity index is 408. The van der Waals surface area contributed by atoms with Crippen LogP contribution in [0.4, 0.5) is 0 Å². The van der Waals surface area contributed by atoms with Crippen LogP contribution in [0.15, 0.2) is 18.2 Å². The van der Waals surface area contributed by atoms with Crippen LogP contribution in [0.2, 0.25) is 5.02 Å². The van der Waals surface area contributed by atoms with Crippen molar-refractivity contribution in [2.45, 2.75) is 25.2 Å². The van der Waals surface area contributed by atoms with Crippen LogP contribution < -0.4 is 4.74 Å². The fourth-order valence-corrected chi connectivity index (χ4v) is 2.16. The maximum Gasteiger partial charge on any atom is 0.140 e. The minimum Gasteiger partial charge on any atom is -0.496 e. The van der Waals surface area contributed by atoms with Gasteiger partial charge in [-0.05, 0) is 31.9 Å². The van der Waals surface area contributed by atoms with Gasteiger partial charge in [0.15, 0.2) is 0 Å². The predicted octanol–water partition coefficient (Wildman–Crippen LogP) is 2.97. The molecule has 1 aliphatic rings. The molecule has 15 heavy (non-hydrogen) atoms. The number of hydrogen-bond donors (Lipinski definition) is 0. The Balaban J connectivity index is 2.48. The maximum absolute atomic E-state index is 11.6. The minimum atomic E-state index is -0.296. The first-order valence-electron chi connectivity index (χ1n) is 4.95. The molecule has 0 aromatic heterocycles. The SMILES string of the molecule is COc1cc(Cl)ccc1C1(C(C)=O)CC1. The number of hydrogen-bond acceptors (Lipinski definition) is 2. The summed E-state index contributed by atoms with van der Waals surface area (Å²) in [5, 5.41) is 0.634. The smallest absolute Gasteiger partial charge is 0.140 e. The van der Waals surface area contributed by atoms with Crippen LogP contribution in [0.5, 0.6) is 5.75 Å². The van der Waals surface area contributed by atoms with Gasteiger partial charge in [0.05, 0.1) is 12.5 Å². The van der Waals surface area contributed by atoms with Crippen LogP contribution in [0.3, 0.4) is 0 Å². The summed E-state index contributed by atoms with van der Waals surface area (Å²) in [5.74, 6) is 0.929. The lowest BCUT2D eigenvalue weighted by atomic mass is 9.91. The Kier molecular flexibility index (Phi) is 2.47. The highest BCUT2D eigenvalue weighted by atomic mass is 35.5. The monoisotopic (exact) mass is 224 g/mol. The first kappa shape index (κ1) is 10.5. The van der Waals surface area contributed by atoms with Crippen molar-refractivity contribution in [2.24, 2.45) is 0 Å². The van der Waals surface area contributed by atoms with E-state index in [0.717, 1.165) is 24.2 Å². The molecule has 0 unspecified atom stereocenters. The van der Waals surface area contributed by atoms with Crippen molar-refractivity contribution in [1.29, 1.82) is 0 Å². The Hall–Kier alpha value is -1.02. The third-order valence-corrected chi connectivity index (χ3v) is 3.34. The molecule has 1 saturated carbocycles. The standard InChI is InChI=1S/C12H13ClO2/c1-8(14)12(5-6-12)10-4-3-9(13)7-11(10)15-2/h3-4,7H,5-6H2,1-2H3.